The van der Waals surface area contributed by atoms with Gasteiger partial charge in [-0.1, -0.05) is 0 Å². The molecule has 0 unspecified atom stereocenters. The van der Waals surface area contributed by atoms with E-state index in [0.717, 1.165) is 5.69 Å². The van der Waals surface area contributed by atoms with Crippen molar-refractivity contribution >= 4 is 5.69 Å². The maximum Gasteiger partial charge on any atom is 0.126 e. The average Bonchev–Trinajstić information content (AvgIpc) is 2.19. The first-order chi connectivity index (χ1) is 6.63. The fourth-order valence-electron chi connectivity index (χ4n) is 1.05. The molecule has 1 atom stereocenters. The number of aryl methyl sites for hydroxylation is 1. The van der Waals surface area contributed by atoms with E-state index in [0.29, 0.717) is 5.56 Å². The van der Waals surface area contributed by atoms with Crippen LogP contribution in [-0.4, -0.2) is 29.5 Å². The Morgan fingerprint density at radius 3 is 2.79 bits per heavy atom. The van der Waals surface area contributed by atoms with Crippen LogP contribution in [0.1, 0.15) is 5.56 Å². The number of hydrogen-bond acceptors (Lipinski definition) is 3. The highest BCUT2D eigenvalue weighted by atomic mass is 19.1. The molecule has 4 heteroatoms. The van der Waals surface area contributed by atoms with Gasteiger partial charge >= 0.3 is 0 Å². The number of hydrogen-bond donors (Lipinski definition) is 3. The van der Waals surface area contributed by atoms with Crippen molar-refractivity contribution in [1.29, 1.82) is 0 Å². The third kappa shape index (κ3) is 2.97. The van der Waals surface area contributed by atoms with Crippen molar-refractivity contribution < 1.29 is 14.6 Å². The summed E-state index contributed by atoms with van der Waals surface area (Å²) in [6, 6.07) is 4.61. The van der Waals surface area contributed by atoms with E-state index in [1.54, 1.807) is 19.1 Å². The number of benzene rings is 1. The quantitative estimate of drug-likeness (QED) is 0.675. The zero-order valence-corrected chi connectivity index (χ0v) is 8.00. The number of rotatable bonds is 4. The highest BCUT2D eigenvalue weighted by molar-refractivity contribution is 5.45. The first-order valence-corrected chi connectivity index (χ1v) is 4.42. The second kappa shape index (κ2) is 4.93. The Morgan fingerprint density at radius 2 is 2.21 bits per heavy atom. The lowest BCUT2D eigenvalue weighted by molar-refractivity contribution is 0.105. The van der Waals surface area contributed by atoms with Crippen LogP contribution in [0.3, 0.4) is 0 Å². The lowest BCUT2D eigenvalue weighted by atomic mass is 10.2. The van der Waals surface area contributed by atoms with Gasteiger partial charge < -0.3 is 15.5 Å². The third-order valence-corrected chi connectivity index (χ3v) is 1.91. The van der Waals surface area contributed by atoms with E-state index >= 15 is 0 Å². The lowest BCUT2D eigenvalue weighted by Gasteiger charge is -2.10. The van der Waals surface area contributed by atoms with Gasteiger partial charge in [0.2, 0.25) is 0 Å². The molecule has 3 nitrogen and oxygen atoms in total. The van der Waals surface area contributed by atoms with Gasteiger partial charge in [0.15, 0.2) is 0 Å². The van der Waals surface area contributed by atoms with Gasteiger partial charge in [-0.2, -0.15) is 0 Å². The molecule has 0 heterocycles. The monoisotopic (exact) mass is 199 g/mol. The first kappa shape index (κ1) is 10.9. The van der Waals surface area contributed by atoms with E-state index in [1.165, 1.54) is 6.07 Å². The van der Waals surface area contributed by atoms with Crippen LogP contribution in [0.25, 0.3) is 0 Å². The Morgan fingerprint density at radius 1 is 1.50 bits per heavy atom. The van der Waals surface area contributed by atoms with E-state index < -0.39 is 6.10 Å². The summed E-state index contributed by atoms with van der Waals surface area (Å²) in [4.78, 5) is 0. The molecule has 0 aliphatic rings. The molecule has 3 N–H and O–H groups in total. The van der Waals surface area contributed by atoms with E-state index in [2.05, 4.69) is 5.32 Å². The third-order valence-electron chi connectivity index (χ3n) is 1.91. The van der Waals surface area contributed by atoms with Crippen LogP contribution in [0.4, 0.5) is 10.1 Å². The van der Waals surface area contributed by atoms with Crippen LogP contribution in [0, 0.1) is 12.7 Å². The van der Waals surface area contributed by atoms with E-state index in [9.17, 15) is 4.39 Å². The molecule has 0 bridgehead atoms. The van der Waals surface area contributed by atoms with Crippen molar-refractivity contribution in [2.24, 2.45) is 0 Å². The summed E-state index contributed by atoms with van der Waals surface area (Å²) in [5, 5.41) is 20.5. The Bertz CT molecular complexity index is 304. The average molecular weight is 199 g/mol. The molecule has 1 aromatic rings. The van der Waals surface area contributed by atoms with E-state index in [4.69, 9.17) is 10.2 Å². The Labute approximate surface area is 82.2 Å². The molecule has 14 heavy (non-hydrogen) atoms. The SMILES string of the molecule is Cc1cc(NC[C@H](O)CO)ccc1F. The smallest absolute Gasteiger partial charge is 0.126 e. The minimum Gasteiger partial charge on any atom is -0.394 e. The molecule has 0 aliphatic heterocycles. The minimum absolute atomic E-state index is 0.252. The molecule has 0 radical (unpaired) electrons. The standard InChI is InChI=1S/C10H14FNO2/c1-7-4-8(2-3-10(7)11)12-5-9(14)6-13/h2-4,9,12-14H,5-6H2,1H3/t9-/m0/s1. The number of aliphatic hydroxyl groups excluding tert-OH is 2. The lowest BCUT2D eigenvalue weighted by Crippen LogP contribution is -2.22. The highest BCUT2D eigenvalue weighted by Crippen LogP contribution is 2.13. The van der Waals surface area contributed by atoms with Crippen molar-refractivity contribution in [3.05, 3.63) is 29.6 Å². The molecule has 1 rings (SSSR count). The zero-order chi connectivity index (χ0) is 10.6. The van der Waals surface area contributed by atoms with Crippen molar-refractivity contribution in [1.82, 2.24) is 0 Å². The summed E-state index contributed by atoms with van der Waals surface area (Å²) in [6.45, 7) is 1.64. The minimum atomic E-state index is -0.791. The molecule has 0 spiro atoms. The summed E-state index contributed by atoms with van der Waals surface area (Å²) in [5.41, 5.74) is 1.28. The predicted octanol–water partition coefficient (Wildman–Crippen LogP) is 0.899. The zero-order valence-electron chi connectivity index (χ0n) is 8.00. The predicted molar refractivity (Wildman–Crippen MR) is 52.7 cm³/mol. The normalized spacial score (nSPS) is 12.6. The van der Waals surface area contributed by atoms with Gasteiger partial charge in [0.25, 0.3) is 0 Å². The summed E-state index contributed by atoms with van der Waals surface area (Å²) < 4.78 is 12.8. The van der Waals surface area contributed by atoms with Gasteiger partial charge in [-0.15, -0.1) is 0 Å². The molecule has 0 aliphatic carbocycles. The van der Waals surface area contributed by atoms with Crippen LogP contribution in [0.5, 0.6) is 0 Å². The van der Waals surface area contributed by atoms with Crippen molar-refractivity contribution in [2.45, 2.75) is 13.0 Å². The van der Waals surface area contributed by atoms with Gasteiger partial charge in [-0.3, -0.25) is 0 Å². The summed E-state index contributed by atoms with van der Waals surface area (Å²) >= 11 is 0. The topological polar surface area (TPSA) is 52.5 Å². The molecule has 78 valence electrons. The molecular formula is C10H14FNO2. The van der Waals surface area contributed by atoms with Gasteiger partial charge in [-0.05, 0) is 30.7 Å². The number of anilines is 1. The van der Waals surface area contributed by atoms with E-state index in [-0.39, 0.29) is 19.0 Å². The van der Waals surface area contributed by atoms with Crippen molar-refractivity contribution in [2.75, 3.05) is 18.5 Å². The Hall–Kier alpha value is -1.13. The Kier molecular flexibility index (Phi) is 3.85. The summed E-state index contributed by atoms with van der Waals surface area (Å²) in [6.07, 6.45) is -0.791. The second-order valence-corrected chi connectivity index (χ2v) is 3.18. The van der Waals surface area contributed by atoms with Gasteiger partial charge in [0.05, 0.1) is 12.7 Å². The maximum atomic E-state index is 12.8. The highest BCUT2D eigenvalue weighted by Gasteiger charge is 2.02. The van der Waals surface area contributed by atoms with Crippen LogP contribution in [-0.2, 0) is 0 Å². The maximum absolute atomic E-state index is 12.8. The van der Waals surface area contributed by atoms with Crippen LogP contribution < -0.4 is 5.32 Å². The van der Waals surface area contributed by atoms with Crippen LogP contribution in [0.2, 0.25) is 0 Å². The van der Waals surface area contributed by atoms with Crippen LogP contribution >= 0.6 is 0 Å². The molecular weight excluding hydrogens is 185 g/mol. The summed E-state index contributed by atoms with van der Waals surface area (Å²) in [5.74, 6) is -0.252. The molecule has 0 amide bonds. The molecule has 0 fully saturated rings. The molecule has 0 aromatic heterocycles. The first-order valence-electron chi connectivity index (χ1n) is 4.42. The number of halogens is 1. The van der Waals surface area contributed by atoms with Gasteiger partial charge in [-0.25, -0.2) is 4.39 Å². The molecule has 0 saturated carbocycles. The van der Waals surface area contributed by atoms with E-state index in [1.807, 2.05) is 0 Å². The van der Waals surface area contributed by atoms with Gasteiger partial charge in [0.1, 0.15) is 5.82 Å². The molecule has 1 aromatic carbocycles. The van der Waals surface area contributed by atoms with Crippen molar-refractivity contribution in [3.8, 4) is 0 Å². The van der Waals surface area contributed by atoms with Gasteiger partial charge in [0, 0.05) is 12.2 Å². The second-order valence-electron chi connectivity index (χ2n) is 3.18. The molecule has 0 saturated heterocycles. The number of aliphatic hydroxyl groups is 2. The largest absolute Gasteiger partial charge is 0.394 e. The summed E-state index contributed by atoms with van der Waals surface area (Å²) in [7, 11) is 0. The fraction of sp³-hybridized carbons (Fsp3) is 0.400. The number of nitrogens with one attached hydrogen (secondary N) is 1. The fourth-order valence-corrected chi connectivity index (χ4v) is 1.05. The van der Waals surface area contributed by atoms with Crippen molar-refractivity contribution in [3.63, 3.8) is 0 Å². The Balaban J connectivity index is 2.55. The van der Waals surface area contributed by atoms with Crippen LogP contribution in [0.15, 0.2) is 18.2 Å².